The number of aromatic nitrogens is 1. The van der Waals surface area contributed by atoms with Crippen LogP contribution < -0.4 is 4.74 Å². The Morgan fingerprint density at radius 3 is 2.67 bits per heavy atom. The van der Waals surface area contributed by atoms with E-state index in [4.69, 9.17) is 4.74 Å². The van der Waals surface area contributed by atoms with E-state index in [2.05, 4.69) is 16.9 Å². The summed E-state index contributed by atoms with van der Waals surface area (Å²) in [5.41, 5.74) is 0.820. The summed E-state index contributed by atoms with van der Waals surface area (Å²) in [6.07, 6.45) is 7.83. The van der Waals surface area contributed by atoms with Gasteiger partial charge in [-0.1, -0.05) is 19.3 Å². The molecule has 1 saturated carbocycles. The summed E-state index contributed by atoms with van der Waals surface area (Å²) >= 11 is 0. The number of pyridine rings is 1. The zero-order valence-corrected chi connectivity index (χ0v) is 13.2. The average Bonchev–Trinajstić information content (AvgIpc) is 2.50. The molecule has 5 heteroatoms. The highest BCUT2D eigenvalue weighted by molar-refractivity contribution is 5.70. The molecule has 0 bridgehead atoms. The molecule has 0 N–H and O–H groups in total. The Kier molecular flexibility index (Phi) is 5.56. The van der Waals surface area contributed by atoms with E-state index in [-0.39, 0.29) is 6.09 Å². The lowest BCUT2D eigenvalue weighted by atomic mass is 9.94. The van der Waals surface area contributed by atoms with Gasteiger partial charge in [0.1, 0.15) is 0 Å². The molecule has 5 nitrogen and oxygen atoms in total. The number of carbonyl (C=O) groups is 1. The van der Waals surface area contributed by atoms with Crippen LogP contribution in [0.25, 0.3) is 0 Å². The van der Waals surface area contributed by atoms with Gasteiger partial charge in [-0.3, -0.25) is 9.88 Å². The van der Waals surface area contributed by atoms with Gasteiger partial charge in [0.25, 0.3) is 0 Å². The second kappa shape index (κ2) is 7.41. The van der Waals surface area contributed by atoms with Gasteiger partial charge in [-0.05, 0) is 32.0 Å². The van der Waals surface area contributed by atoms with Crippen molar-refractivity contribution in [3.63, 3.8) is 0 Å². The highest BCUT2D eigenvalue weighted by Crippen LogP contribution is 2.24. The Labute approximate surface area is 126 Å². The molecule has 1 fully saturated rings. The van der Waals surface area contributed by atoms with Gasteiger partial charge in [-0.25, -0.2) is 4.79 Å². The number of hydrogen-bond donors (Lipinski definition) is 0. The van der Waals surface area contributed by atoms with Gasteiger partial charge >= 0.3 is 6.09 Å². The first-order valence-corrected chi connectivity index (χ1v) is 7.61. The quantitative estimate of drug-likeness (QED) is 0.855. The van der Waals surface area contributed by atoms with Crippen LogP contribution in [-0.2, 0) is 6.54 Å². The minimum Gasteiger partial charge on any atom is -0.408 e. The maximum Gasteiger partial charge on any atom is 0.414 e. The van der Waals surface area contributed by atoms with E-state index < -0.39 is 0 Å². The van der Waals surface area contributed by atoms with Gasteiger partial charge in [-0.15, -0.1) is 0 Å². The van der Waals surface area contributed by atoms with Crippen LogP contribution >= 0.6 is 0 Å². The zero-order chi connectivity index (χ0) is 15.2. The van der Waals surface area contributed by atoms with Crippen LogP contribution in [0.4, 0.5) is 4.79 Å². The van der Waals surface area contributed by atoms with Gasteiger partial charge in [0.2, 0.25) is 0 Å². The second-order valence-electron chi connectivity index (χ2n) is 5.92. The van der Waals surface area contributed by atoms with Crippen molar-refractivity contribution in [2.75, 3.05) is 21.1 Å². The molecule has 0 saturated heterocycles. The molecule has 1 aromatic rings. The first kappa shape index (κ1) is 15.8. The molecule has 1 aliphatic rings. The lowest BCUT2D eigenvalue weighted by Gasteiger charge is -2.31. The Bertz CT molecular complexity index is 470. The summed E-state index contributed by atoms with van der Waals surface area (Å²) in [7, 11) is 5.47. The second-order valence-corrected chi connectivity index (χ2v) is 5.92. The first-order valence-electron chi connectivity index (χ1n) is 7.61. The maximum absolute atomic E-state index is 11.7. The number of ether oxygens (including phenoxy) is 1. The molecule has 0 radical (unpaired) electrons. The van der Waals surface area contributed by atoms with Gasteiger partial charge in [0.15, 0.2) is 5.75 Å². The summed E-state index contributed by atoms with van der Waals surface area (Å²) in [5.74, 6) is 0.554. The van der Waals surface area contributed by atoms with Crippen LogP contribution in [-0.4, -0.2) is 48.1 Å². The summed E-state index contributed by atoms with van der Waals surface area (Å²) in [5, 5.41) is 0. The van der Waals surface area contributed by atoms with Crippen molar-refractivity contribution in [3.05, 3.63) is 24.0 Å². The molecule has 0 aliphatic heterocycles. The molecule has 21 heavy (non-hydrogen) atoms. The molecule has 116 valence electrons. The van der Waals surface area contributed by atoms with Gasteiger partial charge in [0.05, 0.1) is 5.69 Å². The van der Waals surface area contributed by atoms with Crippen LogP contribution in [0.5, 0.6) is 5.75 Å². The summed E-state index contributed by atoms with van der Waals surface area (Å²) < 4.78 is 5.39. The highest BCUT2D eigenvalue weighted by atomic mass is 16.6. The summed E-state index contributed by atoms with van der Waals surface area (Å²) in [4.78, 5) is 19.8. The predicted molar refractivity (Wildman–Crippen MR) is 82.3 cm³/mol. The number of nitrogens with zero attached hydrogens (tertiary/aromatic N) is 3. The smallest absolute Gasteiger partial charge is 0.408 e. The molecule has 1 aromatic heterocycles. The largest absolute Gasteiger partial charge is 0.414 e. The summed E-state index contributed by atoms with van der Waals surface area (Å²) in [6, 6.07) is 4.21. The van der Waals surface area contributed by atoms with Crippen molar-refractivity contribution in [3.8, 4) is 5.75 Å². The van der Waals surface area contributed by atoms with E-state index in [0.717, 1.165) is 5.69 Å². The topological polar surface area (TPSA) is 45.7 Å². The Morgan fingerprint density at radius 1 is 1.29 bits per heavy atom. The van der Waals surface area contributed by atoms with Crippen molar-refractivity contribution < 1.29 is 9.53 Å². The number of carbonyl (C=O) groups excluding carboxylic acids is 1. The van der Waals surface area contributed by atoms with Gasteiger partial charge < -0.3 is 9.64 Å². The van der Waals surface area contributed by atoms with E-state index in [1.165, 1.54) is 37.0 Å². The minimum atomic E-state index is -0.371. The van der Waals surface area contributed by atoms with Crippen LogP contribution in [0.1, 0.15) is 37.8 Å². The standard InChI is InChI=1S/C16H25N3O2/c1-18(2)16(20)21-15-10-7-11-17-14(15)12-19(3)13-8-5-4-6-9-13/h7,10-11,13H,4-6,8-9,12H2,1-3H3. The third kappa shape index (κ3) is 4.43. The number of hydrogen-bond acceptors (Lipinski definition) is 4. The van der Waals surface area contributed by atoms with E-state index >= 15 is 0 Å². The van der Waals surface area contributed by atoms with Crippen molar-refractivity contribution in [2.24, 2.45) is 0 Å². The molecular formula is C16H25N3O2. The SMILES string of the molecule is CN(C)C(=O)Oc1cccnc1CN(C)C1CCCCC1. The third-order valence-corrected chi connectivity index (χ3v) is 4.01. The first-order chi connectivity index (χ1) is 10.1. The van der Waals surface area contributed by atoms with Crippen molar-refractivity contribution in [1.82, 2.24) is 14.8 Å². The van der Waals surface area contributed by atoms with Crippen molar-refractivity contribution in [1.29, 1.82) is 0 Å². The van der Waals surface area contributed by atoms with Gasteiger partial charge in [-0.2, -0.15) is 0 Å². The van der Waals surface area contributed by atoms with Crippen LogP contribution in [0.3, 0.4) is 0 Å². The fraction of sp³-hybridized carbons (Fsp3) is 0.625. The Hall–Kier alpha value is -1.62. The molecule has 0 atom stereocenters. The molecule has 0 aromatic carbocycles. The fourth-order valence-electron chi connectivity index (χ4n) is 2.71. The molecule has 2 rings (SSSR count). The molecular weight excluding hydrogens is 266 g/mol. The van der Waals surface area contributed by atoms with Crippen LogP contribution in [0.15, 0.2) is 18.3 Å². The normalized spacial score (nSPS) is 16.0. The monoisotopic (exact) mass is 291 g/mol. The zero-order valence-electron chi connectivity index (χ0n) is 13.2. The van der Waals surface area contributed by atoms with E-state index in [1.807, 2.05) is 0 Å². The molecule has 1 heterocycles. The van der Waals surface area contributed by atoms with Crippen LogP contribution in [0.2, 0.25) is 0 Å². The summed E-state index contributed by atoms with van der Waals surface area (Å²) in [6.45, 7) is 0.710. The minimum absolute atomic E-state index is 0.371. The number of rotatable bonds is 4. The molecule has 1 aliphatic carbocycles. The van der Waals surface area contributed by atoms with E-state index in [1.54, 1.807) is 32.4 Å². The van der Waals surface area contributed by atoms with E-state index in [9.17, 15) is 4.79 Å². The molecule has 1 amide bonds. The highest BCUT2D eigenvalue weighted by Gasteiger charge is 2.20. The van der Waals surface area contributed by atoms with Crippen molar-refractivity contribution in [2.45, 2.75) is 44.7 Å². The van der Waals surface area contributed by atoms with Crippen LogP contribution in [0, 0.1) is 0 Å². The average molecular weight is 291 g/mol. The fourth-order valence-corrected chi connectivity index (χ4v) is 2.71. The van der Waals surface area contributed by atoms with E-state index in [0.29, 0.717) is 18.3 Å². The Morgan fingerprint density at radius 2 is 2.00 bits per heavy atom. The molecule has 0 spiro atoms. The Balaban J connectivity index is 2.03. The molecule has 0 unspecified atom stereocenters. The third-order valence-electron chi connectivity index (χ3n) is 4.01. The van der Waals surface area contributed by atoms with Gasteiger partial charge in [0, 0.05) is 32.9 Å². The predicted octanol–water partition coefficient (Wildman–Crippen LogP) is 2.91. The lowest BCUT2D eigenvalue weighted by Crippen LogP contribution is -2.33. The number of amides is 1. The lowest BCUT2D eigenvalue weighted by molar-refractivity contribution is 0.165. The van der Waals surface area contributed by atoms with Crippen molar-refractivity contribution >= 4 is 6.09 Å². The maximum atomic E-state index is 11.7.